The first-order valence-electron chi connectivity index (χ1n) is 8.02. The standard InChI is InChI=1S/C17H20N4O4/c1-20-16(25-12-15(22)21-7-9-24-10-8-21)11-14(19-20)17(23)18-13-5-3-2-4-6-13/h2-6,11H,7-10,12H2,1H3,(H,18,23). The van der Waals surface area contributed by atoms with Gasteiger partial charge in [0.15, 0.2) is 12.3 Å². The van der Waals surface area contributed by atoms with Crippen LogP contribution in [-0.2, 0) is 16.6 Å². The molecule has 25 heavy (non-hydrogen) atoms. The molecule has 0 radical (unpaired) electrons. The fraction of sp³-hybridized carbons (Fsp3) is 0.353. The minimum Gasteiger partial charge on any atom is -0.468 e. The number of aromatic nitrogens is 2. The second-order valence-corrected chi connectivity index (χ2v) is 5.59. The van der Waals surface area contributed by atoms with E-state index in [0.717, 1.165) is 0 Å². The van der Waals surface area contributed by atoms with Gasteiger partial charge in [0.2, 0.25) is 5.88 Å². The fourth-order valence-electron chi connectivity index (χ4n) is 2.45. The van der Waals surface area contributed by atoms with E-state index in [1.54, 1.807) is 24.1 Å². The van der Waals surface area contributed by atoms with E-state index in [-0.39, 0.29) is 24.1 Å². The number of aryl methyl sites for hydroxylation is 1. The molecule has 2 amide bonds. The van der Waals surface area contributed by atoms with Gasteiger partial charge < -0.3 is 19.7 Å². The number of rotatable bonds is 5. The molecule has 2 aromatic rings. The van der Waals surface area contributed by atoms with Crippen LogP contribution in [0.2, 0.25) is 0 Å². The minimum atomic E-state index is -0.337. The summed E-state index contributed by atoms with van der Waals surface area (Å²) in [5.74, 6) is -0.0873. The van der Waals surface area contributed by atoms with Crippen molar-refractivity contribution < 1.29 is 19.1 Å². The number of nitrogens with zero attached hydrogens (tertiary/aromatic N) is 3. The lowest BCUT2D eigenvalue weighted by molar-refractivity contribution is -0.137. The Morgan fingerprint density at radius 3 is 2.68 bits per heavy atom. The van der Waals surface area contributed by atoms with Crippen LogP contribution < -0.4 is 10.1 Å². The molecule has 0 atom stereocenters. The van der Waals surface area contributed by atoms with Crippen molar-refractivity contribution in [1.29, 1.82) is 0 Å². The van der Waals surface area contributed by atoms with Gasteiger partial charge in [-0.15, -0.1) is 0 Å². The van der Waals surface area contributed by atoms with Crippen molar-refractivity contribution in [1.82, 2.24) is 14.7 Å². The van der Waals surface area contributed by atoms with E-state index in [9.17, 15) is 9.59 Å². The molecule has 1 fully saturated rings. The molecule has 1 aromatic carbocycles. The van der Waals surface area contributed by atoms with Crippen molar-refractivity contribution in [3.05, 3.63) is 42.1 Å². The predicted molar refractivity (Wildman–Crippen MR) is 90.5 cm³/mol. The van der Waals surface area contributed by atoms with Crippen molar-refractivity contribution in [3.63, 3.8) is 0 Å². The topological polar surface area (TPSA) is 85.7 Å². The van der Waals surface area contributed by atoms with E-state index in [0.29, 0.717) is 37.9 Å². The average molecular weight is 344 g/mol. The van der Waals surface area contributed by atoms with Crippen molar-refractivity contribution >= 4 is 17.5 Å². The summed E-state index contributed by atoms with van der Waals surface area (Å²) in [5, 5.41) is 6.89. The Labute approximate surface area is 145 Å². The molecule has 0 aliphatic carbocycles. The Bertz CT molecular complexity index is 738. The summed E-state index contributed by atoms with van der Waals surface area (Å²) in [6, 6.07) is 10.6. The number of hydrogen-bond donors (Lipinski definition) is 1. The summed E-state index contributed by atoms with van der Waals surface area (Å²) in [6.07, 6.45) is 0. The van der Waals surface area contributed by atoms with Gasteiger partial charge in [-0.3, -0.25) is 9.59 Å². The van der Waals surface area contributed by atoms with E-state index in [1.165, 1.54) is 10.7 Å². The Morgan fingerprint density at radius 2 is 1.96 bits per heavy atom. The SMILES string of the molecule is Cn1nc(C(=O)Nc2ccccc2)cc1OCC(=O)N1CCOCC1. The first-order valence-corrected chi connectivity index (χ1v) is 8.02. The summed E-state index contributed by atoms with van der Waals surface area (Å²) < 4.78 is 12.2. The molecule has 8 nitrogen and oxygen atoms in total. The van der Waals surface area contributed by atoms with Crippen LogP contribution in [0.4, 0.5) is 5.69 Å². The van der Waals surface area contributed by atoms with Crippen LogP contribution in [0.5, 0.6) is 5.88 Å². The van der Waals surface area contributed by atoms with Gasteiger partial charge in [-0.2, -0.15) is 5.10 Å². The van der Waals surface area contributed by atoms with Crippen LogP contribution >= 0.6 is 0 Å². The highest BCUT2D eigenvalue weighted by atomic mass is 16.5. The zero-order chi connectivity index (χ0) is 17.6. The molecule has 1 aliphatic heterocycles. The van der Waals surface area contributed by atoms with E-state index in [2.05, 4.69) is 10.4 Å². The third-order valence-corrected chi connectivity index (χ3v) is 3.81. The van der Waals surface area contributed by atoms with Crippen molar-refractivity contribution in [2.75, 3.05) is 38.2 Å². The van der Waals surface area contributed by atoms with Gasteiger partial charge in [0.05, 0.1) is 13.2 Å². The third-order valence-electron chi connectivity index (χ3n) is 3.81. The van der Waals surface area contributed by atoms with Crippen molar-refractivity contribution in [2.24, 2.45) is 7.05 Å². The molecule has 0 saturated carbocycles. The molecule has 2 heterocycles. The van der Waals surface area contributed by atoms with E-state index < -0.39 is 0 Å². The van der Waals surface area contributed by atoms with Gasteiger partial charge in [0, 0.05) is 31.9 Å². The summed E-state index contributed by atoms with van der Waals surface area (Å²) in [4.78, 5) is 26.0. The Kier molecular flexibility index (Phi) is 5.30. The van der Waals surface area contributed by atoms with Gasteiger partial charge in [0.1, 0.15) is 0 Å². The maximum atomic E-state index is 12.2. The molecule has 0 spiro atoms. The number of hydrogen-bond acceptors (Lipinski definition) is 5. The number of benzene rings is 1. The monoisotopic (exact) mass is 344 g/mol. The lowest BCUT2D eigenvalue weighted by Crippen LogP contribution is -2.43. The average Bonchev–Trinajstić information content (AvgIpc) is 3.02. The number of anilines is 1. The molecule has 0 bridgehead atoms. The number of nitrogens with one attached hydrogen (secondary N) is 1. The van der Waals surface area contributed by atoms with Gasteiger partial charge in [-0.1, -0.05) is 18.2 Å². The van der Waals surface area contributed by atoms with Gasteiger partial charge in [0.25, 0.3) is 11.8 Å². The number of amides is 2. The highest BCUT2D eigenvalue weighted by Crippen LogP contribution is 2.14. The van der Waals surface area contributed by atoms with E-state index in [4.69, 9.17) is 9.47 Å². The molecule has 132 valence electrons. The molecule has 1 aliphatic rings. The second-order valence-electron chi connectivity index (χ2n) is 5.59. The second kappa shape index (κ2) is 7.80. The lowest BCUT2D eigenvalue weighted by atomic mass is 10.3. The number of carbonyl (C=O) groups is 2. The molecular formula is C17H20N4O4. The number of carbonyl (C=O) groups excluding carboxylic acids is 2. The Morgan fingerprint density at radius 1 is 1.24 bits per heavy atom. The fourth-order valence-corrected chi connectivity index (χ4v) is 2.45. The Hall–Kier alpha value is -2.87. The molecule has 8 heteroatoms. The number of ether oxygens (including phenoxy) is 2. The number of morpholine rings is 1. The van der Waals surface area contributed by atoms with Crippen molar-refractivity contribution in [3.8, 4) is 5.88 Å². The van der Waals surface area contributed by atoms with Crippen LogP contribution in [-0.4, -0.2) is 59.4 Å². The smallest absolute Gasteiger partial charge is 0.276 e. The highest BCUT2D eigenvalue weighted by Gasteiger charge is 2.19. The normalized spacial score (nSPS) is 14.2. The summed E-state index contributed by atoms with van der Waals surface area (Å²) in [6.45, 7) is 2.12. The molecule has 1 aromatic heterocycles. The summed E-state index contributed by atoms with van der Waals surface area (Å²) >= 11 is 0. The Balaban J connectivity index is 1.58. The summed E-state index contributed by atoms with van der Waals surface area (Å²) in [7, 11) is 1.66. The lowest BCUT2D eigenvalue weighted by Gasteiger charge is -2.26. The van der Waals surface area contributed by atoms with E-state index in [1.807, 2.05) is 18.2 Å². The maximum Gasteiger partial charge on any atom is 0.276 e. The van der Waals surface area contributed by atoms with E-state index >= 15 is 0 Å². The summed E-state index contributed by atoms with van der Waals surface area (Å²) in [5.41, 5.74) is 0.906. The highest BCUT2D eigenvalue weighted by molar-refractivity contribution is 6.03. The predicted octanol–water partition coefficient (Wildman–Crippen LogP) is 0.910. The molecule has 3 rings (SSSR count). The molecule has 1 saturated heterocycles. The van der Waals surface area contributed by atoms with Crippen LogP contribution in [0.1, 0.15) is 10.5 Å². The van der Waals surface area contributed by atoms with Gasteiger partial charge in [-0.05, 0) is 12.1 Å². The first kappa shape index (κ1) is 17.0. The number of para-hydroxylation sites is 1. The zero-order valence-corrected chi connectivity index (χ0v) is 14.0. The van der Waals surface area contributed by atoms with Gasteiger partial charge >= 0.3 is 0 Å². The molecule has 0 unspecified atom stereocenters. The first-order chi connectivity index (χ1) is 12.1. The van der Waals surface area contributed by atoms with Crippen LogP contribution in [0.15, 0.2) is 36.4 Å². The van der Waals surface area contributed by atoms with Crippen LogP contribution in [0, 0.1) is 0 Å². The molecule has 1 N–H and O–H groups in total. The molecular weight excluding hydrogens is 324 g/mol. The maximum absolute atomic E-state index is 12.2. The van der Waals surface area contributed by atoms with Crippen LogP contribution in [0.3, 0.4) is 0 Å². The minimum absolute atomic E-state index is 0.0979. The third kappa shape index (κ3) is 4.36. The zero-order valence-electron chi connectivity index (χ0n) is 14.0. The van der Waals surface area contributed by atoms with Gasteiger partial charge in [-0.25, -0.2) is 4.68 Å². The largest absolute Gasteiger partial charge is 0.468 e. The van der Waals surface area contributed by atoms with Crippen LogP contribution in [0.25, 0.3) is 0 Å². The van der Waals surface area contributed by atoms with Crippen molar-refractivity contribution in [2.45, 2.75) is 0 Å². The quantitative estimate of drug-likeness (QED) is 0.871.